The van der Waals surface area contributed by atoms with Crippen LogP contribution in [-0.2, 0) is 95.1 Å². The average Bonchev–Trinajstić information content (AvgIpc) is 1.80. The average molecular weight is 1390 g/mol. The van der Waals surface area contributed by atoms with E-state index in [9.17, 15) is 24.4 Å². The highest BCUT2D eigenvalue weighted by atomic mass is 32.7. The predicted molar refractivity (Wildman–Crippen MR) is 305 cm³/mol. The fraction of sp³-hybridized carbons (Fsp3) is 0.512. The predicted octanol–water partition coefficient (Wildman–Crippen LogP) is 1.67. The molecule has 0 aliphatic carbocycles. The molecule has 10 N–H and O–H groups in total. The van der Waals surface area contributed by atoms with Gasteiger partial charge in [-0.3, -0.25) is 40.9 Å². The Bertz CT molecular complexity index is 3940. The highest BCUT2D eigenvalue weighted by molar-refractivity contribution is 8.44. The van der Waals surface area contributed by atoms with Crippen LogP contribution in [0.25, 0.3) is 44.7 Å². The number of rotatable bonds is 4. The summed E-state index contributed by atoms with van der Waals surface area (Å²) in [4.78, 5) is 81.9. The van der Waals surface area contributed by atoms with Gasteiger partial charge in [-0.25, -0.2) is 77.5 Å². The van der Waals surface area contributed by atoms with Crippen molar-refractivity contribution in [3.05, 3.63) is 56.3 Å². The zero-order valence-electron chi connectivity index (χ0n) is 44.3. The number of aliphatic hydroxyl groups is 1. The normalized spacial score (nSPS) is 38.3. The Labute approximate surface area is 510 Å². The highest BCUT2D eigenvalue weighted by Crippen LogP contribution is 2.60. The molecule has 6 fully saturated rings. The van der Waals surface area contributed by atoms with E-state index in [0.29, 0.717) is 11.2 Å². The molecule has 14 heterocycles. The summed E-state index contributed by atoms with van der Waals surface area (Å²) >= 11 is 19.6. The molecule has 6 aliphatic rings. The van der Waals surface area contributed by atoms with Gasteiger partial charge in [0.1, 0.15) is 102 Å². The largest absolute Gasteiger partial charge is 0.386 e. The van der Waals surface area contributed by atoms with E-state index in [1.165, 1.54) is 68.9 Å². The van der Waals surface area contributed by atoms with E-state index in [1.807, 2.05) is 0 Å². The lowest BCUT2D eigenvalue weighted by atomic mass is 10.1. The lowest BCUT2D eigenvalue weighted by Crippen LogP contribution is -2.36. The lowest BCUT2D eigenvalue weighted by molar-refractivity contribution is -0.0604. The fourth-order valence-corrected chi connectivity index (χ4v) is 16.2. The van der Waals surface area contributed by atoms with Crippen molar-refractivity contribution in [3.8, 4) is 0 Å². The molecule has 20 atom stereocenters. The van der Waals surface area contributed by atoms with Crippen molar-refractivity contribution in [3.63, 3.8) is 0 Å². The van der Waals surface area contributed by atoms with Crippen LogP contribution in [0, 0.1) is 6.92 Å². The number of aromatic nitrogens is 16. The molecule has 6 saturated heterocycles. The molecule has 0 spiro atoms. The van der Waals surface area contributed by atoms with Crippen molar-refractivity contribution in [2.75, 3.05) is 43.6 Å². The maximum absolute atomic E-state index is 16.0. The molecule has 0 aromatic carbocycles. The molecule has 0 amide bonds. The zero-order valence-corrected chi connectivity index (χ0v) is 51.2. The Morgan fingerprint density at radius 1 is 0.477 bits per heavy atom. The summed E-state index contributed by atoms with van der Waals surface area (Å²) in [7, 11) is 0. The lowest BCUT2D eigenvalue weighted by Gasteiger charge is -2.28. The molecule has 0 saturated carbocycles. The molecule has 0 radical (unpaired) electrons. The quantitative estimate of drug-likeness (QED) is 0.0917. The van der Waals surface area contributed by atoms with Gasteiger partial charge in [-0.2, -0.15) is 0 Å². The molecule has 6 aliphatic heterocycles. The van der Waals surface area contributed by atoms with Gasteiger partial charge in [0.15, 0.2) is 83.5 Å². The number of nitrogens with zero attached hydrogens (tertiary/aromatic N) is 16. The molecule has 4 bridgehead atoms. The van der Waals surface area contributed by atoms with Crippen LogP contribution in [0.15, 0.2) is 50.6 Å². The smallest absolute Gasteiger partial charge is 0.386 e. The summed E-state index contributed by atoms with van der Waals surface area (Å²) in [5.74, 6) is 0.231. The number of thiol groups is 1. The first-order chi connectivity index (χ1) is 41.8. The van der Waals surface area contributed by atoms with Crippen molar-refractivity contribution in [1.29, 1.82) is 0 Å². The number of hydrogen-bond donors (Lipinski definition) is 8. The number of halogens is 3. The van der Waals surface area contributed by atoms with Crippen LogP contribution in [0.5, 0.6) is 0 Å². The second-order valence-corrected chi connectivity index (χ2v) is 31.2. The molecule has 4 unspecified atom stereocenters. The standard InChI is InChI=1S/C21H23F2N9O8P2S2.C20H23FN10O9P2S2/c1-8-13-18(27-4-25-8)32(6-29-13)21-16-11(22)9(37-21)2-35-41(33,43)39-15-10(3-36-42(34,44)40-16)38-20(12(15)23)31-7-30-14-17(24)26-5-28-19(14)31;21-9-7-1-35-41(33,43)39-13-8(38-19(12(13)32)30-5-28-10-15(22)24-3-26-17(10)30)2-36-42(34,44)40-14(9)20(37-7)31-6-29-11-16(23)25-4-27-18(11)31/h4-7,9-12,15-16,20-21H,2-3H2,1H3,(H,33,43)(H,34,44)(H2,24,26,28);3-9,12-14,19-20,32H,1-2H2,(H,33,43)(H,34,44)(H2,22,24,26)(H2,23,25,27)/t9-,10-,11+,12-,15-,16-,20-,21-,41?,42?;7-,8-,9+,12-,13-,14-,19-,20-,41?,42?/m11/s1. The first-order valence-corrected chi connectivity index (χ1v) is 36.1. The minimum Gasteiger partial charge on any atom is -0.386 e. The number of fused-ring (bicyclic) bond motifs is 10. The molecule has 8 aromatic rings. The van der Waals surface area contributed by atoms with Crippen LogP contribution in [0.1, 0.15) is 30.6 Å². The second kappa shape index (κ2) is 23.8. The van der Waals surface area contributed by atoms with Gasteiger partial charge in [-0.1, -0.05) is 12.2 Å². The van der Waals surface area contributed by atoms with E-state index in [2.05, 4.69) is 72.1 Å². The Kier molecular flexibility index (Phi) is 16.8. The maximum atomic E-state index is 16.0. The van der Waals surface area contributed by atoms with Crippen LogP contribution in [0.4, 0.5) is 30.6 Å². The van der Waals surface area contributed by atoms with E-state index < -0.39 is 152 Å². The minimum absolute atomic E-state index is 0.0595. The Balaban J connectivity index is 0.000000162. The fourth-order valence-electron chi connectivity index (χ4n) is 10.5. The summed E-state index contributed by atoms with van der Waals surface area (Å²) in [5, 5.41) is 11.3. The molecule has 8 aromatic heterocycles. The number of ether oxygens (including phenoxy) is 4. The Morgan fingerprint density at radius 2 is 0.830 bits per heavy atom. The summed E-state index contributed by atoms with van der Waals surface area (Å²) in [6.45, 7) is -17.8. The molecule has 88 heavy (non-hydrogen) atoms. The van der Waals surface area contributed by atoms with Crippen LogP contribution in [-0.4, -0.2) is 198 Å². The van der Waals surface area contributed by atoms with E-state index in [0.717, 1.165) is 0 Å². The number of anilines is 3. The minimum atomic E-state index is -4.40. The molecule has 47 heteroatoms. The third kappa shape index (κ3) is 11.7. The molecule has 472 valence electrons. The number of nitrogen functional groups attached to an aromatic ring is 3. The Morgan fingerprint density at radius 3 is 1.33 bits per heavy atom. The van der Waals surface area contributed by atoms with Crippen LogP contribution in [0.2, 0.25) is 0 Å². The number of aryl methyl sites for hydroxylation is 1. The zero-order chi connectivity index (χ0) is 61.9. The molecular weight excluding hydrogens is 1340 g/mol. The third-order valence-electron chi connectivity index (χ3n) is 14.5. The summed E-state index contributed by atoms with van der Waals surface area (Å²) in [6.07, 6.45) is -14.1. The summed E-state index contributed by atoms with van der Waals surface area (Å²) < 4.78 is 135. The van der Waals surface area contributed by atoms with Gasteiger partial charge in [-0.15, -0.1) is 0 Å². The second-order valence-electron chi connectivity index (χ2n) is 20.0. The first kappa shape index (κ1) is 62.1. The van der Waals surface area contributed by atoms with Gasteiger partial charge >= 0.3 is 27.0 Å². The number of imidazole rings is 4. The first-order valence-electron chi connectivity index (χ1n) is 25.6. The number of hydrogen-bond acceptors (Lipinski definition) is 32. The van der Waals surface area contributed by atoms with Crippen LogP contribution in [0.3, 0.4) is 0 Å². The van der Waals surface area contributed by atoms with Crippen molar-refractivity contribution >= 4 is 137 Å². The monoisotopic (exact) mass is 1390 g/mol. The molecular formula is C41H46F3N19O17P4S4. The van der Waals surface area contributed by atoms with E-state index in [4.69, 9.17) is 108 Å². The summed E-state index contributed by atoms with van der Waals surface area (Å²) in [6, 6.07) is 0. The SMILES string of the molecule is Cc1ncnc2c1ncn2[C@@H]1O[C@@H]2COP(O)(=S)O[C@H]3[C@@H](F)[C@H](n4cnc5c(N)ncnc54)O[C@@H]3COP(=O)(S)O[C@@H]1[C@H]2F.Nc1ncnc2c1ncn2[C@@H]1O[C@@H]2COP(O)(=S)O[C@@H]3[C@@H](F)[C@@H](COP(O)(=S)O[C@H]2[C@H]1O)O[C@H]3n1cnc2c(N)ncnc21. The van der Waals surface area contributed by atoms with Gasteiger partial charge in [0.25, 0.3) is 0 Å². The van der Waals surface area contributed by atoms with Gasteiger partial charge in [-0.05, 0) is 42.3 Å². The van der Waals surface area contributed by atoms with Gasteiger partial charge in [0, 0.05) is 0 Å². The van der Waals surface area contributed by atoms with Crippen LogP contribution >= 0.6 is 39.2 Å². The molecule has 14 rings (SSSR count). The van der Waals surface area contributed by atoms with Crippen LogP contribution < -0.4 is 17.2 Å². The highest BCUT2D eigenvalue weighted by Gasteiger charge is 2.56. The van der Waals surface area contributed by atoms with E-state index >= 15 is 13.2 Å². The van der Waals surface area contributed by atoms with Gasteiger partial charge in [0.2, 0.25) is 0 Å². The van der Waals surface area contributed by atoms with Crippen molar-refractivity contribution in [2.24, 2.45) is 0 Å². The molecule has 36 nitrogen and oxygen atoms in total. The van der Waals surface area contributed by atoms with Gasteiger partial charge < -0.3 is 69.5 Å². The van der Waals surface area contributed by atoms with E-state index in [1.54, 1.807) is 6.92 Å². The number of aliphatic hydroxyl groups excluding tert-OH is 1. The topological polar surface area (TPSA) is 461 Å². The number of nitrogens with two attached hydrogens (primary N) is 3. The van der Waals surface area contributed by atoms with Crippen molar-refractivity contribution in [1.82, 2.24) is 78.1 Å². The van der Waals surface area contributed by atoms with Crippen molar-refractivity contribution < 1.29 is 92.7 Å². The van der Waals surface area contributed by atoms with E-state index in [-0.39, 0.29) is 56.6 Å². The third-order valence-corrected chi connectivity index (χ3v) is 20.8. The summed E-state index contributed by atoms with van der Waals surface area (Å²) in [5.41, 5.74) is 20.1. The Hall–Kier alpha value is -4.72. The van der Waals surface area contributed by atoms with Gasteiger partial charge in [0.05, 0.1) is 57.4 Å². The number of alkyl halides is 3. The van der Waals surface area contributed by atoms with Crippen molar-refractivity contribution in [2.45, 2.75) is 105 Å². The maximum Gasteiger partial charge on any atom is 0.386 e.